The van der Waals surface area contributed by atoms with Crippen molar-refractivity contribution in [1.29, 1.82) is 0 Å². The Bertz CT molecular complexity index is 198. The van der Waals surface area contributed by atoms with E-state index in [0.717, 1.165) is 13.0 Å². The maximum absolute atomic E-state index is 10.4. The summed E-state index contributed by atoms with van der Waals surface area (Å²) in [6, 6.07) is 0. The second kappa shape index (κ2) is 4.79. The van der Waals surface area contributed by atoms with Gasteiger partial charge in [0.15, 0.2) is 0 Å². The fourth-order valence-corrected chi connectivity index (χ4v) is 1.84. The molecule has 1 atom stereocenters. The van der Waals surface area contributed by atoms with Crippen LogP contribution in [0.2, 0.25) is 0 Å². The number of hydrogen-bond donors (Lipinski definition) is 1. The summed E-state index contributed by atoms with van der Waals surface area (Å²) in [6.45, 7) is 1.15. The first-order valence-corrected chi connectivity index (χ1v) is 4.73. The van der Waals surface area contributed by atoms with Crippen LogP contribution >= 0.6 is 0 Å². The normalized spacial score (nSPS) is 25.7. The van der Waals surface area contributed by atoms with E-state index in [9.17, 15) is 13.0 Å². The Morgan fingerprint density at radius 2 is 2.09 bits per heavy atom. The van der Waals surface area contributed by atoms with Crippen LogP contribution < -0.4 is 34.9 Å². The quantitative estimate of drug-likeness (QED) is 0.339. The predicted molar refractivity (Wildman–Crippen MR) is 35.6 cm³/mol. The molecule has 4 nitrogen and oxygen atoms in total. The minimum absolute atomic E-state index is 0. The van der Waals surface area contributed by atoms with Crippen molar-refractivity contribution in [3.05, 3.63) is 0 Å². The van der Waals surface area contributed by atoms with Crippen molar-refractivity contribution in [3.63, 3.8) is 0 Å². The van der Waals surface area contributed by atoms with Gasteiger partial charge < -0.3 is 9.87 Å². The molecule has 0 aromatic rings. The van der Waals surface area contributed by atoms with Gasteiger partial charge in [-0.15, -0.1) is 0 Å². The number of rotatable bonds is 1. The van der Waals surface area contributed by atoms with E-state index in [4.69, 9.17) is 0 Å². The Morgan fingerprint density at radius 1 is 1.45 bits per heavy atom. The summed E-state index contributed by atoms with van der Waals surface area (Å²) in [7, 11) is -4.04. The average molecular weight is 187 g/mol. The SMILES string of the molecule is O=S(=O)([O-])C1CCCNC1.[Na+]. The van der Waals surface area contributed by atoms with E-state index >= 15 is 0 Å². The molecule has 0 saturated carbocycles. The third-order valence-corrected chi connectivity index (χ3v) is 2.88. The standard InChI is InChI=1S/C5H11NO3S.Na/c7-10(8,9)5-2-1-3-6-4-5;/h5-6H,1-4H2,(H,7,8,9);/q;+1/p-1. The Labute approximate surface area is 88.8 Å². The molecule has 1 unspecified atom stereocenters. The molecule has 0 aliphatic carbocycles. The van der Waals surface area contributed by atoms with Crippen LogP contribution in [0, 0.1) is 0 Å². The number of piperidine rings is 1. The summed E-state index contributed by atoms with van der Waals surface area (Å²) in [5.74, 6) is 0. The molecule has 0 aromatic heterocycles. The van der Waals surface area contributed by atoms with E-state index in [-0.39, 0.29) is 29.6 Å². The molecule has 1 rings (SSSR count). The first-order chi connectivity index (χ1) is 4.61. The van der Waals surface area contributed by atoms with Crippen LogP contribution in [0.3, 0.4) is 0 Å². The summed E-state index contributed by atoms with van der Waals surface area (Å²) in [5.41, 5.74) is 0. The smallest absolute Gasteiger partial charge is 0.748 e. The van der Waals surface area contributed by atoms with Gasteiger partial charge in [0.2, 0.25) is 0 Å². The van der Waals surface area contributed by atoms with E-state index in [2.05, 4.69) is 5.32 Å². The predicted octanol–water partition coefficient (Wildman–Crippen LogP) is -3.71. The van der Waals surface area contributed by atoms with E-state index in [1.54, 1.807) is 0 Å². The summed E-state index contributed by atoms with van der Waals surface area (Å²) in [4.78, 5) is 0. The van der Waals surface area contributed by atoms with E-state index in [0.29, 0.717) is 13.0 Å². The van der Waals surface area contributed by atoms with Crippen molar-refractivity contribution in [3.8, 4) is 0 Å². The Hall–Kier alpha value is 0.870. The summed E-state index contributed by atoms with van der Waals surface area (Å²) >= 11 is 0. The van der Waals surface area contributed by atoms with Gasteiger partial charge in [0.05, 0.1) is 15.4 Å². The molecule has 0 bridgehead atoms. The number of nitrogens with one attached hydrogen (secondary N) is 1. The molecule has 1 heterocycles. The molecule has 1 aliphatic rings. The van der Waals surface area contributed by atoms with Gasteiger partial charge in [-0.05, 0) is 19.4 Å². The first kappa shape index (κ1) is 11.9. The van der Waals surface area contributed by atoms with Crippen LogP contribution in [0.4, 0.5) is 0 Å². The summed E-state index contributed by atoms with van der Waals surface area (Å²) < 4.78 is 31.2. The summed E-state index contributed by atoms with van der Waals surface area (Å²) in [5, 5.41) is 2.17. The van der Waals surface area contributed by atoms with Gasteiger partial charge in [0.1, 0.15) is 0 Å². The van der Waals surface area contributed by atoms with Crippen molar-refractivity contribution in [2.45, 2.75) is 18.1 Å². The molecule has 0 spiro atoms. The van der Waals surface area contributed by atoms with Crippen molar-refractivity contribution < 1.29 is 42.5 Å². The molecule has 0 amide bonds. The minimum atomic E-state index is -4.04. The molecule has 0 radical (unpaired) electrons. The monoisotopic (exact) mass is 187 g/mol. The van der Waals surface area contributed by atoms with Crippen LogP contribution in [0.1, 0.15) is 12.8 Å². The van der Waals surface area contributed by atoms with Crippen LogP contribution in [0.5, 0.6) is 0 Å². The van der Waals surface area contributed by atoms with Crippen molar-refractivity contribution in [1.82, 2.24) is 5.32 Å². The maximum Gasteiger partial charge on any atom is 1.00 e. The van der Waals surface area contributed by atoms with Crippen LogP contribution in [0.15, 0.2) is 0 Å². The molecule has 0 aromatic carbocycles. The fraction of sp³-hybridized carbons (Fsp3) is 1.00. The topological polar surface area (TPSA) is 69.2 Å². The molecular weight excluding hydrogens is 177 g/mol. The Morgan fingerprint density at radius 3 is 2.36 bits per heavy atom. The molecule has 1 N–H and O–H groups in total. The van der Waals surface area contributed by atoms with E-state index < -0.39 is 15.4 Å². The van der Waals surface area contributed by atoms with E-state index in [1.165, 1.54) is 0 Å². The van der Waals surface area contributed by atoms with Gasteiger partial charge in [-0.25, -0.2) is 8.42 Å². The second-order valence-electron chi connectivity index (χ2n) is 2.46. The molecule has 60 valence electrons. The van der Waals surface area contributed by atoms with Crippen LogP contribution in [-0.4, -0.2) is 31.3 Å². The van der Waals surface area contributed by atoms with Gasteiger partial charge in [-0.2, -0.15) is 0 Å². The van der Waals surface area contributed by atoms with Gasteiger partial charge in [-0.3, -0.25) is 0 Å². The third-order valence-electron chi connectivity index (χ3n) is 1.66. The zero-order chi connectivity index (χ0) is 7.61. The van der Waals surface area contributed by atoms with Gasteiger partial charge >= 0.3 is 29.6 Å². The second-order valence-corrected chi connectivity index (χ2v) is 4.11. The van der Waals surface area contributed by atoms with Gasteiger partial charge in [0, 0.05) is 6.54 Å². The minimum Gasteiger partial charge on any atom is -0.748 e. The van der Waals surface area contributed by atoms with E-state index in [1.807, 2.05) is 0 Å². The van der Waals surface area contributed by atoms with Crippen molar-refractivity contribution in [2.24, 2.45) is 0 Å². The van der Waals surface area contributed by atoms with Crippen LogP contribution in [-0.2, 0) is 10.1 Å². The average Bonchev–Trinajstić information content (AvgIpc) is 1.88. The fourth-order valence-electron chi connectivity index (χ4n) is 1.07. The summed E-state index contributed by atoms with van der Waals surface area (Å²) in [6.07, 6.45) is 1.30. The zero-order valence-electron chi connectivity index (χ0n) is 6.54. The molecule has 1 fully saturated rings. The van der Waals surface area contributed by atoms with Gasteiger partial charge in [0.25, 0.3) is 0 Å². The zero-order valence-corrected chi connectivity index (χ0v) is 9.36. The molecule has 1 aliphatic heterocycles. The molecular formula is C5H10NNaO3S. The molecule has 6 heteroatoms. The van der Waals surface area contributed by atoms with Crippen molar-refractivity contribution >= 4 is 10.1 Å². The molecule has 11 heavy (non-hydrogen) atoms. The largest absolute Gasteiger partial charge is 1.00 e. The van der Waals surface area contributed by atoms with Crippen molar-refractivity contribution in [2.75, 3.05) is 13.1 Å². The number of hydrogen-bond acceptors (Lipinski definition) is 4. The first-order valence-electron chi connectivity index (χ1n) is 3.26. The van der Waals surface area contributed by atoms with Gasteiger partial charge in [-0.1, -0.05) is 0 Å². The third kappa shape index (κ3) is 3.87. The van der Waals surface area contributed by atoms with Crippen LogP contribution in [0.25, 0.3) is 0 Å². The Kier molecular flexibility index (Phi) is 5.17. The Balaban J connectivity index is 0.000001000. The molecule has 1 saturated heterocycles. The maximum atomic E-state index is 10.4.